The Morgan fingerprint density at radius 2 is 2.07 bits per heavy atom. The SMILES string of the molecule is Cn1nccc1Cc1ccccc1Cl. The summed E-state index contributed by atoms with van der Waals surface area (Å²) in [6.07, 6.45) is 2.63. The molecule has 1 aromatic carbocycles. The standard InChI is InChI=1S/C11H11ClN2/c1-14-10(6-7-13-14)8-9-4-2-3-5-11(9)12/h2-7H,8H2,1H3. The smallest absolute Gasteiger partial charge is 0.0492 e. The predicted molar refractivity (Wildman–Crippen MR) is 57.5 cm³/mol. The molecular formula is C11H11ClN2. The van der Waals surface area contributed by atoms with Crippen LogP contribution in [0.5, 0.6) is 0 Å². The van der Waals surface area contributed by atoms with Gasteiger partial charge in [0.15, 0.2) is 0 Å². The first kappa shape index (κ1) is 9.28. The summed E-state index contributed by atoms with van der Waals surface area (Å²) in [5, 5.41) is 4.93. The molecule has 2 aromatic rings. The van der Waals surface area contributed by atoms with E-state index in [1.165, 1.54) is 0 Å². The highest BCUT2D eigenvalue weighted by molar-refractivity contribution is 6.31. The van der Waals surface area contributed by atoms with Crippen molar-refractivity contribution < 1.29 is 0 Å². The zero-order valence-corrected chi connectivity index (χ0v) is 8.70. The van der Waals surface area contributed by atoms with Gasteiger partial charge in [-0.3, -0.25) is 4.68 Å². The lowest BCUT2D eigenvalue weighted by Gasteiger charge is -2.03. The van der Waals surface area contributed by atoms with E-state index in [2.05, 4.69) is 5.10 Å². The fourth-order valence-corrected chi connectivity index (χ4v) is 1.61. The maximum Gasteiger partial charge on any atom is 0.0492 e. The normalized spacial score (nSPS) is 10.4. The largest absolute Gasteiger partial charge is 0.272 e. The van der Waals surface area contributed by atoms with Crippen LogP contribution in [0.15, 0.2) is 36.5 Å². The first-order chi connectivity index (χ1) is 6.77. The van der Waals surface area contributed by atoms with E-state index in [9.17, 15) is 0 Å². The van der Waals surface area contributed by atoms with Gasteiger partial charge in [0.1, 0.15) is 0 Å². The molecule has 0 aliphatic carbocycles. The average molecular weight is 207 g/mol. The van der Waals surface area contributed by atoms with E-state index in [0.29, 0.717) is 0 Å². The minimum absolute atomic E-state index is 0.814. The van der Waals surface area contributed by atoms with Crippen molar-refractivity contribution in [2.45, 2.75) is 6.42 Å². The van der Waals surface area contributed by atoms with Crippen molar-refractivity contribution in [3.05, 3.63) is 52.8 Å². The number of halogens is 1. The van der Waals surface area contributed by atoms with Crippen molar-refractivity contribution in [2.75, 3.05) is 0 Å². The van der Waals surface area contributed by atoms with Gasteiger partial charge in [0.2, 0.25) is 0 Å². The quantitative estimate of drug-likeness (QED) is 0.739. The van der Waals surface area contributed by atoms with Crippen LogP contribution in [0.4, 0.5) is 0 Å². The summed E-state index contributed by atoms with van der Waals surface area (Å²) >= 11 is 6.06. The molecular weight excluding hydrogens is 196 g/mol. The molecule has 0 saturated carbocycles. The van der Waals surface area contributed by atoms with Gasteiger partial charge in [-0.05, 0) is 17.7 Å². The Morgan fingerprint density at radius 3 is 2.71 bits per heavy atom. The predicted octanol–water partition coefficient (Wildman–Crippen LogP) is 2.66. The molecule has 0 saturated heterocycles. The average Bonchev–Trinajstić information content (AvgIpc) is 2.56. The molecule has 0 N–H and O–H groups in total. The molecule has 2 rings (SSSR count). The third kappa shape index (κ3) is 1.80. The molecule has 0 spiro atoms. The van der Waals surface area contributed by atoms with Crippen LogP contribution < -0.4 is 0 Å². The van der Waals surface area contributed by atoms with Crippen LogP contribution in [-0.4, -0.2) is 9.78 Å². The van der Waals surface area contributed by atoms with Gasteiger partial charge in [-0.2, -0.15) is 5.10 Å². The van der Waals surface area contributed by atoms with Gasteiger partial charge in [-0.25, -0.2) is 0 Å². The van der Waals surface area contributed by atoms with E-state index in [1.807, 2.05) is 42.1 Å². The van der Waals surface area contributed by atoms with E-state index in [4.69, 9.17) is 11.6 Å². The van der Waals surface area contributed by atoms with Crippen LogP contribution in [0.25, 0.3) is 0 Å². The lowest BCUT2D eigenvalue weighted by Crippen LogP contribution is -1.99. The fourth-order valence-electron chi connectivity index (χ4n) is 1.41. The Labute approximate surface area is 88.1 Å². The van der Waals surface area contributed by atoms with Gasteiger partial charge in [0, 0.05) is 30.4 Å². The Hall–Kier alpha value is -1.28. The Morgan fingerprint density at radius 1 is 1.29 bits per heavy atom. The summed E-state index contributed by atoms with van der Waals surface area (Å²) in [4.78, 5) is 0. The highest BCUT2D eigenvalue weighted by Crippen LogP contribution is 2.18. The van der Waals surface area contributed by atoms with E-state index in [1.54, 1.807) is 6.20 Å². The van der Waals surface area contributed by atoms with Crippen LogP contribution in [0.2, 0.25) is 5.02 Å². The summed E-state index contributed by atoms with van der Waals surface area (Å²) < 4.78 is 1.86. The zero-order valence-electron chi connectivity index (χ0n) is 7.94. The van der Waals surface area contributed by atoms with Crippen LogP contribution >= 0.6 is 11.6 Å². The van der Waals surface area contributed by atoms with Crippen molar-refractivity contribution >= 4 is 11.6 Å². The number of aromatic nitrogens is 2. The number of nitrogens with zero attached hydrogens (tertiary/aromatic N) is 2. The molecule has 0 atom stereocenters. The lowest BCUT2D eigenvalue weighted by atomic mass is 10.1. The number of rotatable bonds is 2. The van der Waals surface area contributed by atoms with Crippen LogP contribution in [0.1, 0.15) is 11.3 Å². The van der Waals surface area contributed by atoms with Gasteiger partial charge >= 0.3 is 0 Å². The van der Waals surface area contributed by atoms with Crippen molar-refractivity contribution in [1.82, 2.24) is 9.78 Å². The molecule has 2 nitrogen and oxygen atoms in total. The zero-order chi connectivity index (χ0) is 9.97. The summed E-state index contributed by atoms with van der Waals surface area (Å²) in [5.41, 5.74) is 2.30. The van der Waals surface area contributed by atoms with Gasteiger partial charge in [0.25, 0.3) is 0 Å². The maximum atomic E-state index is 6.06. The van der Waals surface area contributed by atoms with E-state index in [-0.39, 0.29) is 0 Å². The number of hydrogen-bond donors (Lipinski definition) is 0. The minimum Gasteiger partial charge on any atom is -0.272 e. The molecule has 1 aromatic heterocycles. The molecule has 0 unspecified atom stereocenters. The van der Waals surface area contributed by atoms with Crippen molar-refractivity contribution in [3.63, 3.8) is 0 Å². The first-order valence-electron chi connectivity index (χ1n) is 4.47. The van der Waals surface area contributed by atoms with Crippen molar-refractivity contribution in [3.8, 4) is 0 Å². The molecule has 0 aliphatic heterocycles. The number of hydrogen-bond acceptors (Lipinski definition) is 1. The Balaban J connectivity index is 2.28. The Bertz CT molecular complexity index is 434. The van der Waals surface area contributed by atoms with Crippen molar-refractivity contribution in [1.29, 1.82) is 0 Å². The second-order valence-corrected chi connectivity index (χ2v) is 3.62. The highest BCUT2D eigenvalue weighted by Gasteiger charge is 2.03. The molecule has 0 radical (unpaired) electrons. The number of aryl methyl sites for hydroxylation is 1. The van der Waals surface area contributed by atoms with Gasteiger partial charge in [0.05, 0.1) is 0 Å². The maximum absolute atomic E-state index is 6.06. The lowest BCUT2D eigenvalue weighted by molar-refractivity contribution is 0.724. The van der Waals surface area contributed by atoms with Crippen LogP contribution in [0.3, 0.4) is 0 Å². The van der Waals surface area contributed by atoms with Gasteiger partial charge in [-0.15, -0.1) is 0 Å². The molecule has 72 valence electrons. The molecule has 0 fully saturated rings. The monoisotopic (exact) mass is 206 g/mol. The molecule has 14 heavy (non-hydrogen) atoms. The van der Waals surface area contributed by atoms with E-state index < -0.39 is 0 Å². The van der Waals surface area contributed by atoms with Crippen LogP contribution in [-0.2, 0) is 13.5 Å². The second kappa shape index (κ2) is 3.84. The van der Waals surface area contributed by atoms with E-state index in [0.717, 1.165) is 22.7 Å². The fraction of sp³-hybridized carbons (Fsp3) is 0.182. The molecule has 0 amide bonds. The molecule has 1 heterocycles. The summed E-state index contributed by atoms with van der Waals surface area (Å²) in [7, 11) is 1.94. The number of benzene rings is 1. The Kier molecular flexibility index (Phi) is 2.55. The minimum atomic E-state index is 0.814. The third-order valence-corrected chi connectivity index (χ3v) is 2.62. The van der Waals surface area contributed by atoms with Gasteiger partial charge < -0.3 is 0 Å². The summed E-state index contributed by atoms with van der Waals surface area (Å²) in [6.45, 7) is 0. The third-order valence-electron chi connectivity index (χ3n) is 2.25. The summed E-state index contributed by atoms with van der Waals surface area (Å²) in [5.74, 6) is 0. The molecule has 0 bridgehead atoms. The first-order valence-corrected chi connectivity index (χ1v) is 4.85. The highest BCUT2D eigenvalue weighted by atomic mass is 35.5. The van der Waals surface area contributed by atoms with Crippen molar-refractivity contribution in [2.24, 2.45) is 7.05 Å². The molecule has 0 aliphatic rings. The van der Waals surface area contributed by atoms with Gasteiger partial charge in [-0.1, -0.05) is 29.8 Å². The molecule has 3 heteroatoms. The summed E-state index contributed by atoms with van der Waals surface area (Å²) in [6, 6.07) is 9.89. The second-order valence-electron chi connectivity index (χ2n) is 3.21. The van der Waals surface area contributed by atoms with E-state index >= 15 is 0 Å². The van der Waals surface area contributed by atoms with Crippen LogP contribution in [0, 0.1) is 0 Å². The topological polar surface area (TPSA) is 17.8 Å².